The van der Waals surface area contributed by atoms with Crippen molar-refractivity contribution < 1.29 is 14.5 Å². The molecule has 0 aliphatic rings. The maximum atomic E-state index is 13.1. The first-order valence-corrected chi connectivity index (χ1v) is 8.75. The van der Waals surface area contributed by atoms with Crippen molar-refractivity contribution in [2.45, 2.75) is 0 Å². The lowest BCUT2D eigenvalue weighted by Crippen LogP contribution is -2.47. The minimum Gasteiger partial charge on any atom is -0.358 e. The van der Waals surface area contributed by atoms with Crippen molar-refractivity contribution in [1.29, 1.82) is 0 Å². The predicted octanol–water partition coefficient (Wildman–Crippen LogP) is 3.68. The zero-order valence-corrected chi connectivity index (χ0v) is 16.0. The molecule has 0 spiro atoms. The van der Waals surface area contributed by atoms with E-state index in [9.17, 15) is 19.7 Å². The van der Waals surface area contributed by atoms with Gasteiger partial charge in [-0.25, -0.2) is 9.99 Å². The van der Waals surface area contributed by atoms with Crippen molar-refractivity contribution in [3.05, 3.63) is 92.3 Å². The van der Waals surface area contributed by atoms with E-state index in [0.29, 0.717) is 0 Å². The molecular formula is C18H11Cl2N5O4. The lowest BCUT2D eigenvalue weighted by Gasteiger charge is -2.23. The molecule has 9 nitrogen and oxygen atoms in total. The van der Waals surface area contributed by atoms with E-state index in [-0.39, 0.29) is 27.0 Å². The minimum absolute atomic E-state index is 0.00896. The van der Waals surface area contributed by atoms with Crippen molar-refractivity contribution in [1.82, 2.24) is 15.4 Å². The fraction of sp³-hybridized carbons (Fsp3) is 0. The van der Waals surface area contributed by atoms with Gasteiger partial charge >= 0.3 is 5.82 Å². The molecule has 0 aliphatic carbocycles. The van der Waals surface area contributed by atoms with E-state index in [1.165, 1.54) is 48.8 Å². The molecule has 0 unspecified atom stereocenters. The number of rotatable bonds is 4. The van der Waals surface area contributed by atoms with Crippen molar-refractivity contribution >= 4 is 46.5 Å². The number of nitrogens with one attached hydrogen (secondary N) is 1. The summed E-state index contributed by atoms with van der Waals surface area (Å²) in [4.78, 5) is 43.7. The number of amides is 2. The number of hydrogen-bond donors (Lipinski definition) is 1. The van der Waals surface area contributed by atoms with Gasteiger partial charge in [0.15, 0.2) is 0 Å². The molecule has 0 saturated heterocycles. The standard InChI is InChI=1S/C18H11Cl2N5O4/c19-11-4-1-5-12(10-11)24(23-17(26)13-6-2-8-21-15(13)20)18(27)14-7-3-9-22-16(14)25(28)29/h1-10H,(H,23,26). The van der Waals surface area contributed by atoms with E-state index in [2.05, 4.69) is 15.4 Å². The van der Waals surface area contributed by atoms with Gasteiger partial charge in [0.25, 0.3) is 11.8 Å². The largest absolute Gasteiger partial charge is 0.376 e. The maximum Gasteiger partial charge on any atom is 0.376 e. The molecule has 0 saturated carbocycles. The molecule has 146 valence electrons. The summed E-state index contributed by atoms with van der Waals surface area (Å²) < 4.78 is 0. The van der Waals surface area contributed by atoms with Gasteiger partial charge in [-0.1, -0.05) is 29.3 Å². The Morgan fingerprint density at radius 3 is 2.34 bits per heavy atom. The average molecular weight is 432 g/mol. The van der Waals surface area contributed by atoms with Gasteiger partial charge in [0.1, 0.15) is 16.9 Å². The molecule has 0 atom stereocenters. The van der Waals surface area contributed by atoms with Gasteiger partial charge in [0.2, 0.25) is 0 Å². The number of pyridine rings is 2. The Morgan fingerprint density at radius 1 is 1.00 bits per heavy atom. The summed E-state index contributed by atoms with van der Waals surface area (Å²) >= 11 is 11.9. The highest BCUT2D eigenvalue weighted by Crippen LogP contribution is 2.23. The normalized spacial score (nSPS) is 10.3. The molecule has 1 N–H and O–H groups in total. The van der Waals surface area contributed by atoms with Crippen LogP contribution >= 0.6 is 23.2 Å². The Hall–Kier alpha value is -3.56. The number of aromatic nitrogens is 2. The third-order valence-corrected chi connectivity index (χ3v) is 4.21. The second-order valence-corrected chi connectivity index (χ2v) is 6.33. The molecular weight excluding hydrogens is 421 g/mol. The first kappa shape index (κ1) is 20.2. The Kier molecular flexibility index (Phi) is 6.01. The van der Waals surface area contributed by atoms with Gasteiger partial charge < -0.3 is 10.1 Å². The monoisotopic (exact) mass is 431 g/mol. The van der Waals surface area contributed by atoms with Crippen LogP contribution in [-0.4, -0.2) is 26.7 Å². The zero-order valence-electron chi connectivity index (χ0n) is 14.5. The van der Waals surface area contributed by atoms with Crippen LogP contribution in [0.3, 0.4) is 0 Å². The Bertz CT molecular complexity index is 1110. The van der Waals surface area contributed by atoms with Crippen molar-refractivity contribution in [2.24, 2.45) is 0 Å². The van der Waals surface area contributed by atoms with E-state index in [1.54, 1.807) is 12.1 Å². The van der Waals surface area contributed by atoms with Crippen LogP contribution < -0.4 is 10.4 Å². The van der Waals surface area contributed by atoms with Crippen LogP contribution in [0.5, 0.6) is 0 Å². The smallest absolute Gasteiger partial charge is 0.358 e. The molecule has 0 radical (unpaired) electrons. The summed E-state index contributed by atoms with van der Waals surface area (Å²) in [6.45, 7) is 0. The Labute approximate surface area is 174 Å². The van der Waals surface area contributed by atoms with Crippen LogP contribution in [-0.2, 0) is 0 Å². The van der Waals surface area contributed by atoms with Crippen LogP contribution in [0, 0.1) is 10.1 Å². The second kappa shape index (κ2) is 8.63. The molecule has 2 amide bonds. The number of hydrogen-bond acceptors (Lipinski definition) is 6. The van der Waals surface area contributed by atoms with Crippen LogP contribution in [0.1, 0.15) is 20.7 Å². The predicted molar refractivity (Wildman–Crippen MR) is 106 cm³/mol. The highest BCUT2D eigenvalue weighted by Gasteiger charge is 2.28. The van der Waals surface area contributed by atoms with Crippen molar-refractivity contribution in [2.75, 3.05) is 5.01 Å². The molecule has 3 aromatic rings. The SMILES string of the molecule is O=C(NN(C(=O)c1cccnc1[N+](=O)[O-])c1cccc(Cl)c1)c1cccnc1Cl. The number of halogens is 2. The van der Waals surface area contributed by atoms with Gasteiger partial charge in [-0.3, -0.25) is 15.0 Å². The Balaban J connectivity index is 2.05. The molecule has 2 aromatic heterocycles. The number of benzene rings is 1. The number of carbonyl (C=O) groups excluding carboxylic acids is 2. The molecule has 11 heteroatoms. The number of nitro groups is 1. The van der Waals surface area contributed by atoms with Crippen LogP contribution in [0.2, 0.25) is 10.2 Å². The molecule has 0 aliphatic heterocycles. The van der Waals surface area contributed by atoms with Gasteiger partial charge in [-0.2, -0.15) is 0 Å². The topological polar surface area (TPSA) is 118 Å². The molecule has 0 fully saturated rings. The molecule has 1 aromatic carbocycles. The minimum atomic E-state index is -0.888. The maximum absolute atomic E-state index is 13.1. The lowest BCUT2D eigenvalue weighted by atomic mass is 10.2. The summed E-state index contributed by atoms with van der Waals surface area (Å²) in [7, 11) is 0. The van der Waals surface area contributed by atoms with Crippen LogP contribution in [0.25, 0.3) is 0 Å². The fourth-order valence-electron chi connectivity index (χ4n) is 2.39. The van der Waals surface area contributed by atoms with Gasteiger partial charge in [0.05, 0.1) is 11.3 Å². The number of anilines is 1. The first-order valence-electron chi connectivity index (χ1n) is 7.99. The van der Waals surface area contributed by atoms with E-state index in [4.69, 9.17) is 23.2 Å². The molecule has 3 rings (SSSR count). The zero-order chi connectivity index (χ0) is 21.0. The number of hydrazine groups is 1. The highest BCUT2D eigenvalue weighted by atomic mass is 35.5. The average Bonchev–Trinajstić information content (AvgIpc) is 2.71. The van der Waals surface area contributed by atoms with Gasteiger partial charge in [0, 0.05) is 11.2 Å². The summed E-state index contributed by atoms with van der Waals surface area (Å²) in [6.07, 6.45) is 2.59. The summed E-state index contributed by atoms with van der Waals surface area (Å²) in [5.74, 6) is -2.29. The fourth-order valence-corrected chi connectivity index (χ4v) is 2.78. The van der Waals surface area contributed by atoms with E-state index in [0.717, 1.165) is 5.01 Å². The van der Waals surface area contributed by atoms with Crippen LogP contribution in [0.4, 0.5) is 11.5 Å². The first-order chi connectivity index (χ1) is 13.9. The lowest BCUT2D eigenvalue weighted by molar-refractivity contribution is -0.389. The summed E-state index contributed by atoms with van der Waals surface area (Å²) in [6, 6.07) is 11.5. The summed E-state index contributed by atoms with van der Waals surface area (Å²) in [5.41, 5.74) is 2.25. The highest BCUT2D eigenvalue weighted by molar-refractivity contribution is 6.33. The van der Waals surface area contributed by atoms with Crippen molar-refractivity contribution in [3.8, 4) is 0 Å². The summed E-state index contributed by atoms with van der Waals surface area (Å²) in [5, 5.41) is 12.3. The molecule has 2 heterocycles. The third-order valence-electron chi connectivity index (χ3n) is 3.68. The quantitative estimate of drug-likeness (QED) is 0.382. The second-order valence-electron chi connectivity index (χ2n) is 5.53. The number of carbonyl (C=O) groups is 2. The molecule has 0 bridgehead atoms. The molecule has 29 heavy (non-hydrogen) atoms. The third kappa shape index (κ3) is 4.48. The van der Waals surface area contributed by atoms with Crippen molar-refractivity contribution in [3.63, 3.8) is 0 Å². The Morgan fingerprint density at radius 2 is 1.69 bits per heavy atom. The van der Waals surface area contributed by atoms with E-state index in [1.807, 2.05) is 0 Å². The van der Waals surface area contributed by atoms with E-state index >= 15 is 0 Å². The number of nitrogens with zero attached hydrogens (tertiary/aromatic N) is 4. The van der Waals surface area contributed by atoms with Crippen LogP contribution in [0.15, 0.2) is 60.9 Å². The van der Waals surface area contributed by atoms with Gasteiger partial charge in [-0.05, 0) is 52.4 Å². The van der Waals surface area contributed by atoms with Gasteiger partial charge in [-0.15, -0.1) is 0 Å². The van der Waals surface area contributed by atoms with E-state index < -0.39 is 22.6 Å².